The Kier molecular flexibility index (Phi) is 4.26. The second-order valence-electron chi connectivity index (χ2n) is 7.37. The molecule has 2 aromatic rings. The largest absolute Gasteiger partial charge is 0.361 e. The molecule has 0 aliphatic carbocycles. The zero-order valence-electron chi connectivity index (χ0n) is 15.0. The minimum Gasteiger partial charge on any atom is -0.361 e. The fraction of sp³-hybridized carbons (Fsp3) is 0.450. The van der Waals surface area contributed by atoms with E-state index in [4.69, 9.17) is 4.52 Å². The van der Waals surface area contributed by atoms with E-state index in [0.717, 1.165) is 24.8 Å². The predicted molar refractivity (Wildman–Crippen MR) is 95.3 cm³/mol. The van der Waals surface area contributed by atoms with Crippen molar-refractivity contribution in [3.05, 3.63) is 53.4 Å². The maximum absolute atomic E-state index is 13.0. The molecule has 0 N–H and O–H groups in total. The predicted octanol–water partition coefficient (Wildman–Crippen LogP) is 2.78. The highest BCUT2D eigenvalue weighted by atomic mass is 16.5. The number of likely N-dealkylation sites (tertiary alicyclic amines) is 2. The number of amides is 2. The second-order valence-corrected chi connectivity index (χ2v) is 7.37. The van der Waals surface area contributed by atoms with E-state index in [1.54, 1.807) is 13.0 Å². The van der Waals surface area contributed by atoms with Gasteiger partial charge in [-0.2, -0.15) is 0 Å². The van der Waals surface area contributed by atoms with Crippen molar-refractivity contribution in [3.63, 3.8) is 0 Å². The molecule has 0 saturated carbocycles. The topological polar surface area (TPSA) is 66.7 Å². The fourth-order valence-corrected chi connectivity index (χ4v) is 4.21. The number of aromatic nitrogens is 1. The minimum absolute atomic E-state index is 0.116. The van der Waals surface area contributed by atoms with Gasteiger partial charge in [-0.1, -0.05) is 35.5 Å². The summed E-state index contributed by atoms with van der Waals surface area (Å²) in [6.07, 6.45) is 3.24. The third kappa shape index (κ3) is 3.00. The molecule has 2 saturated heterocycles. The second kappa shape index (κ2) is 6.59. The van der Waals surface area contributed by atoms with E-state index in [-0.39, 0.29) is 11.8 Å². The third-order valence-corrected chi connectivity index (χ3v) is 5.47. The van der Waals surface area contributed by atoms with Crippen LogP contribution in [0.25, 0.3) is 0 Å². The molecular weight excluding hydrogens is 330 g/mol. The van der Waals surface area contributed by atoms with Crippen LogP contribution < -0.4 is 0 Å². The van der Waals surface area contributed by atoms with Crippen molar-refractivity contribution in [3.8, 4) is 0 Å². The molecule has 2 aliphatic rings. The lowest BCUT2D eigenvalue weighted by Crippen LogP contribution is -2.56. The lowest BCUT2D eigenvalue weighted by molar-refractivity contribution is -0.128. The summed E-state index contributed by atoms with van der Waals surface area (Å²) >= 11 is 0. The minimum atomic E-state index is -0.423. The Labute approximate surface area is 152 Å². The van der Waals surface area contributed by atoms with Crippen LogP contribution in [-0.2, 0) is 11.3 Å². The summed E-state index contributed by atoms with van der Waals surface area (Å²) < 4.78 is 5.07. The number of carbonyl (C=O) groups excluding carboxylic acids is 2. The Morgan fingerprint density at radius 3 is 2.81 bits per heavy atom. The maximum Gasteiger partial charge on any atom is 0.276 e. The average molecular weight is 353 g/mol. The summed E-state index contributed by atoms with van der Waals surface area (Å²) in [4.78, 5) is 29.5. The molecular formula is C20H23N3O3. The maximum atomic E-state index is 13.0. The van der Waals surface area contributed by atoms with Crippen molar-refractivity contribution < 1.29 is 14.1 Å². The van der Waals surface area contributed by atoms with Gasteiger partial charge in [0.1, 0.15) is 5.76 Å². The van der Waals surface area contributed by atoms with Gasteiger partial charge >= 0.3 is 0 Å². The van der Waals surface area contributed by atoms with E-state index in [1.165, 1.54) is 0 Å². The van der Waals surface area contributed by atoms with Crippen LogP contribution in [0.4, 0.5) is 0 Å². The lowest BCUT2D eigenvalue weighted by atomic mass is 9.85. The molecule has 1 aromatic heterocycles. The molecule has 0 unspecified atom stereocenters. The van der Waals surface area contributed by atoms with Gasteiger partial charge in [-0.25, -0.2) is 0 Å². The van der Waals surface area contributed by atoms with Crippen LogP contribution in [0.3, 0.4) is 0 Å². The molecule has 136 valence electrons. The Balaban J connectivity index is 1.57. The average Bonchev–Trinajstić information content (AvgIpc) is 3.20. The summed E-state index contributed by atoms with van der Waals surface area (Å²) in [5.74, 6) is 0.605. The standard InChI is InChI=1S/C20H23N3O3/c1-15-11-17(21-26-15)19(25)23-10-6-5-9-20(23)12-18(24)22(14-20)13-16-7-3-2-4-8-16/h2-4,7-8,11H,5-6,9-10,12-14H2,1H3/t20-/m0/s1. The number of nitrogens with zero attached hydrogens (tertiary/aromatic N) is 3. The fourth-order valence-electron chi connectivity index (χ4n) is 4.21. The van der Waals surface area contributed by atoms with Gasteiger partial charge in [-0.15, -0.1) is 0 Å². The molecule has 6 nitrogen and oxygen atoms in total. The molecule has 2 fully saturated rings. The van der Waals surface area contributed by atoms with Crippen LogP contribution in [0.1, 0.15) is 47.5 Å². The van der Waals surface area contributed by atoms with Crippen LogP contribution >= 0.6 is 0 Å². The van der Waals surface area contributed by atoms with Crippen molar-refractivity contribution >= 4 is 11.8 Å². The van der Waals surface area contributed by atoms with Gasteiger partial charge in [0.05, 0.1) is 12.0 Å². The summed E-state index contributed by atoms with van der Waals surface area (Å²) in [5.41, 5.74) is 1.02. The number of carbonyl (C=O) groups is 2. The van der Waals surface area contributed by atoms with E-state index in [9.17, 15) is 9.59 Å². The van der Waals surface area contributed by atoms with E-state index in [1.807, 2.05) is 40.1 Å². The zero-order valence-corrected chi connectivity index (χ0v) is 15.0. The Hall–Kier alpha value is -2.63. The van der Waals surface area contributed by atoms with Crippen LogP contribution in [0.15, 0.2) is 40.9 Å². The zero-order chi connectivity index (χ0) is 18.1. The highest BCUT2D eigenvalue weighted by Gasteiger charge is 2.50. The Morgan fingerprint density at radius 2 is 2.08 bits per heavy atom. The monoisotopic (exact) mass is 353 g/mol. The highest BCUT2D eigenvalue weighted by Crippen LogP contribution is 2.38. The van der Waals surface area contributed by atoms with Crippen molar-refractivity contribution in [2.45, 2.75) is 44.7 Å². The molecule has 0 radical (unpaired) electrons. The molecule has 6 heteroatoms. The van der Waals surface area contributed by atoms with E-state index in [0.29, 0.717) is 37.5 Å². The van der Waals surface area contributed by atoms with Gasteiger partial charge in [0.2, 0.25) is 5.91 Å². The molecule has 3 heterocycles. The number of rotatable bonds is 3. The summed E-state index contributed by atoms with van der Waals surface area (Å²) in [7, 11) is 0. The van der Waals surface area contributed by atoms with Crippen molar-refractivity contribution in [1.29, 1.82) is 0 Å². The first-order valence-electron chi connectivity index (χ1n) is 9.14. The molecule has 0 bridgehead atoms. The lowest BCUT2D eigenvalue weighted by Gasteiger charge is -2.44. The molecule has 2 amide bonds. The first kappa shape index (κ1) is 16.8. The Morgan fingerprint density at radius 1 is 1.27 bits per heavy atom. The van der Waals surface area contributed by atoms with Crippen LogP contribution in [0, 0.1) is 6.92 Å². The van der Waals surface area contributed by atoms with Crippen LogP contribution in [0.5, 0.6) is 0 Å². The molecule has 4 rings (SSSR count). The van der Waals surface area contributed by atoms with E-state index < -0.39 is 5.54 Å². The third-order valence-electron chi connectivity index (χ3n) is 5.47. The molecule has 1 spiro atoms. The SMILES string of the molecule is Cc1cc(C(=O)N2CCCC[C@@]23CC(=O)N(Cc2ccccc2)C3)no1. The van der Waals surface area contributed by atoms with Crippen molar-refractivity contribution in [2.24, 2.45) is 0 Å². The van der Waals surface area contributed by atoms with E-state index >= 15 is 0 Å². The smallest absolute Gasteiger partial charge is 0.276 e. The van der Waals surface area contributed by atoms with Gasteiger partial charge in [-0.05, 0) is 31.7 Å². The Bertz CT molecular complexity index is 817. The molecule has 26 heavy (non-hydrogen) atoms. The summed E-state index contributed by atoms with van der Waals surface area (Å²) in [6.45, 7) is 3.61. The quantitative estimate of drug-likeness (QED) is 0.851. The highest BCUT2D eigenvalue weighted by molar-refractivity contribution is 5.94. The van der Waals surface area contributed by atoms with Crippen molar-refractivity contribution in [2.75, 3.05) is 13.1 Å². The number of hydrogen-bond donors (Lipinski definition) is 0. The first-order chi connectivity index (χ1) is 12.6. The summed E-state index contributed by atoms with van der Waals surface area (Å²) in [6, 6.07) is 11.7. The van der Waals surface area contributed by atoms with Crippen LogP contribution in [0.2, 0.25) is 0 Å². The van der Waals surface area contributed by atoms with Gasteiger partial charge < -0.3 is 14.3 Å². The van der Waals surface area contributed by atoms with Gasteiger partial charge in [-0.3, -0.25) is 9.59 Å². The number of piperidine rings is 1. The van der Waals surface area contributed by atoms with Gasteiger partial charge in [0.25, 0.3) is 5.91 Å². The number of hydrogen-bond acceptors (Lipinski definition) is 4. The molecule has 1 atom stereocenters. The normalized spacial score (nSPS) is 23.0. The first-order valence-corrected chi connectivity index (χ1v) is 9.14. The number of aryl methyl sites for hydroxylation is 1. The summed E-state index contributed by atoms with van der Waals surface area (Å²) in [5, 5.41) is 3.89. The number of benzene rings is 1. The van der Waals surface area contributed by atoms with Gasteiger partial charge in [0.15, 0.2) is 5.69 Å². The van der Waals surface area contributed by atoms with Gasteiger partial charge in [0, 0.05) is 25.7 Å². The van der Waals surface area contributed by atoms with Crippen molar-refractivity contribution in [1.82, 2.24) is 15.0 Å². The molecule has 1 aromatic carbocycles. The van der Waals surface area contributed by atoms with E-state index in [2.05, 4.69) is 5.16 Å². The molecule has 2 aliphatic heterocycles. The van der Waals surface area contributed by atoms with Crippen LogP contribution in [-0.4, -0.2) is 45.4 Å².